The van der Waals surface area contributed by atoms with Crippen LogP contribution in [0.25, 0.3) is 0 Å². The third-order valence-corrected chi connectivity index (χ3v) is 3.31. The summed E-state index contributed by atoms with van der Waals surface area (Å²) in [6.07, 6.45) is 4.92. The fourth-order valence-electron chi connectivity index (χ4n) is 2.13. The first-order valence-electron chi connectivity index (χ1n) is 5.13. The summed E-state index contributed by atoms with van der Waals surface area (Å²) in [4.78, 5) is 11.8. The molecule has 0 saturated heterocycles. The fourth-order valence-corrected chi connectivity index (χ4v) is 2.13. The second-order valence-corrected chi connectivity index (χ2v) is 4.93. The summed E-state index contributed by atoms with van der Waals surface area (Å²) in [5, 5.41) is 0. The van der Waals surface area contributed by atoms with Crippen LogP contribution in [0, 0.1) is 17.3 Å². The molecule has 0 bridgehead atoms. The van der Waals surface area contributed by atoms with Crippen LogP contribution in [0.1, 0.15) is 40.0 Å². The van der Waals surface area contributed by atoms with Gasteiger partial charge >= 0.3 is 0 Å². The summed E-state index contributed by atoms with van der Waals surface area (Å²) in [5.41, 5.74) is -0.0166. The van der Waals surface area contributed by atoms with Gasteiger partial charge in [0.05, 0.1) is 0 Å². The number of ketones is 1. The van der Waals surface area contributed by atoms with Crippen molar-refractivity contribution in [1.82, 2.24) is 0 Å². The average molecular weight is 180 g/mol. The lowest BCUT2D eigenvalue weighted by Crippen LogP contribution is -2.34. The summed E-state index contributed by atoms with van der Waals surface area (Å²) in [5.74, 6) is 1.23. The number of allylic oxidation sites excluding steroid dienone is 1. The molecule has 1 heteroatoms. The van der Waals surface area contributed by atoms with Crippen molar-refractivity contribution in [1.29, 1.82) is 0 Å². The highest BCUT2D eigenvalue weighted by molar-refractivity contribution is 5.82. The number of carbonyl (C=O) groups is 1. The number of Topliss-reactive ketones (excluding diaryl/α,β-unsaturated/α-hetero) is 1. The SMILES string of the molecule is C=CC(C)(C)[C@@H]1CC[C@@H](C)CC1=O. The maximum atomic E-state index is 11.8. The predicted octanol–water partition coefficient (Wildman–Crippen LogP) is 3.20. The molecule has 0 amide bonds. The van der Waals surface area contributed by atoms with Gasteiger partial charge in [0.25, 0.3) is 0 Å². The molecule has 0 heterocycles. The average Bonchev–Trinajstić information content (AvgIpc) is 2.03. The van der Waals surface area contributed by atoms with Crippen molar-refractivity contribution >= 4 is 5.78 Å². The number of hydrogen-bond donors (Lipinski definition) is 0. The van der Waals surface area contributed by atoms with Crippen molar-refractivity contribution in [2.75, 3.05) is 0 Å². The lowest BCUT2D eigenvalue weighted by Gasteiger charge is -2.35. The van der Waals surface area contributed by atoms with Gasteiger partial charge < -0.3 is 0 Å². The molecule has 0 radical (unpaired) electrons. The van der Waals surface area contributed by atoms with E-state index >= 15 is 0 Å². The molecule has 1 aliphatic carbocycles. The van der Waals surface area contributed by atoms with Gasteiger partial charge in [-0.2, -0.15) is 0 Å². The van der Waals surface area contributed by atoms with E-state index in [1.807, 2.05) is 6.08 Å². The molecule has 0 aliphatic heterocycles. The standard InChI is InChI=1S/C12H20O/c1-5-12(3,4)10-7-6-9(2)8-11(10)13/h5,9-10H,1,6-8H2,2-4H3/t9-,10-/m1/s1. The van der Waals surface area contributed by atoms with Gasteiger partial charge in [0.15, 0.2) is 0 Å². The van der Waals surface area contributed by atoms with Crippen molar-refractivity contribution in [2.24, 2.45) is 17.3 Å². The minimum Gasteiger partial charge on any atom is -0.299 e. The monoisotopic (exact) mass is 180 g/mol. The first-order valence-corrected chi connectivity index (χ1v) is 5.13. The number of carbonyl (C=O) groups excluding carboxylic acids is 1. The van der Waals surface area contributed by atoms with Gasteiger partial charge in [0, 0.05) is 12.3 Å². The van der Waals surface area contributed by atoms with Crippen LogP contribution in [-0.2, 0) is 4.79 Å². The van der Waals surface area contributed by atoms with Crippen LogP contribution < -0.4 is 0 Å². The van der Waals surface area contributed by atoms with Gasteiger partial charge in [-0.05, 0) is 24.2 Å². The highest BCUT2D eigenvalue weighted by atomic mass is 16.1. The second kappa shape index (κ2) is 3.65. The summed E-state index contributed by atoms with van der Waals surface area (Å²) < 4.78 is 0. The zero-order valence-corrected chi connectivity index (χ0v) is 8.97. The van der Waals surface area contributed by atoms with E-state index in [0.717, 1.165) is 12.8 Å². The molecule has 0 N–H and O–H groups in total. The molecule has 1 rings (SSSR count). The van der Waals surface area contributed by atoms with Gasteiger partial charge in [-0.15, -0.1) is 6.58 Å². The normalized spacial score (nSPS) is 30.2. The molecule has 1 saturated carbocycles. The number of rotatable bonds is 2. The van der Waals surface area contributed by atoms with E-state index in [2.05, 4.69) is 27.4 Å². The Balaban J connectivity index is 2.71. The van der Waals surface area contributed by atoms with Crippen LogP contribution >= 0.6 is 0 Å². The Bertz CT molecular complexity index is 215. The van der Waals surface area contributed by atoms with E-state index in [1.165, 1.54) is 6.42 Å². The molecular formula is C12H20O. The molecule has 2 atom stereocenters. The molecule has 74 valence electrons. The first-order chi connectivity index (χ1) is 5.97. The summed E-state index contributed by atoms with van der Waals surface area (Å²) >= 11 is 0. The van der Waals surface area contributed by atoms with Gasteiger partial charge in [-0.1, -0.05) is 26.8 Å². The molecule has 0 unspecified atom stereocenters. The second-order valence-electron chi connectivity index (χ2n) is 4.93. The Morgan fingerprint density at radius 2 is 2.08 bits per heavy atom. The molecule has 0 aromatic heterocycles. The smallest absolute Gasteiger partial charge is 0.137 e. The summed E-state index contributed by atoms with van der Waals surface area (Å²) in [6, 6.07) is 0. The Kier molecular flexibility index (Phi) is 2.94. The Morgan fingerprint density at radius 1 is 1.46 bits per heavy atom. The van der Waals surface area contributed by atoms with Crippen molar-refractivity contribution in [2.45, 2.75) is 40.0 Å². The van der Waals surface area contributed by atoms with Gasteiger partial charge in [-0.25, -0.2) is 0 Å². The Morgan fingerprint density at radius 3 is 2.54 bits per heavy atom. The Labute approximate surface area is 81.2 Å². The van der Waals surface area contributed by atoms with Crippen LogP contribution in [0.4, 0.5) is 0 Å². The third-order valence-electron chi connectivity index (χ3n) is 3.31. The van der Waals surface area contributed by atoms with E-state index in [1.54, 1.807) is 0 Å². The lowest BCUT2D eigenvalue weighted by molar-refractivity contribution is -0.128. The molecule has 13 heavy (non-hydrogen) atoms. The quantitative estimate of drug-likeness (QED) is 0.596. The third kappa shape index (κ3) is 2.20. The van der Waals surface area contributed by atoms with Crippen molar-refractivity contribution in [3.05, 3.63) is 12.7 Å². The van der Waals surface area contributed by atoms with Crippen LogP contribution in [-0.4, -0.2) is 5.78 Å². The van der Waals surface area contributed by atoms with Crippen LogP contribution in [0.3, 0.4) is 0 Å². The molecule has 0 aromatic carbocycles. The van der Waals surface area contributed by atoms with Crippen molar-refractivity contribution < 1.29 is 4.79 Å². The maximum absolute atomic E-state index is 11.8. The highest BCUT2D eigenvalue weighted by Gasteiger charge is 2.35. The first kappa shape index (κ1) is 10.5. The molecule has 1 aliphatic rings. The van der Waals surface area contributed by atoms with Crippen LogP contribution in [0.2, 0.25) is 0 Å². The van der Waals surface area contributed by atoms with Crippen molar-refractivity contribution in [3.63, 3.8) is 0 Å². The number of hydrogen-bond acceptors (Lipinski definition) is 1. The van der Waals surface area contributed by atoms with E-state index < -0.39 is 0 Å². The maximum Gasteiger partial charge on any atom is 0.137 e. The van der Waals surface area contributed by atoms with Crippen molar-refractivity contribution in [3.8, 4) is 0 Å². The minimum absolute atomic E-state index is 0.0166. The zero-order valence-electron chi connectivity index (χ0n) is 8.97. The lowest BCUT2D eigenvalue weighted by atomic mass is 9.68. The molecular weight excluding hydrogens is 160 g/mol. The van der Waals surface area contributed by atoms with E-state index in [-0.39, 0.29) is 11.3 Å². The molecule has 0 aromatic rings. The zero-order chi connectivity index (χ0) is 10.1. The van der Waals surface area contributed by atoms with E-state index in [9.17, 15) is 4.79 Å². The molecule has 1 fully saturated rings. The Hall–Kier alpha value is -0.590. The highest BCUT2D eigenvalue weighted by Crippen LogP contribution is 2.38. The fraction of sp³-hybridized carbons (Fsp3) is 0.750. The summed E-state index contributed by atoms with van der Waals surface area (Å²) in [7, 11) is 0. The minimum atomic E-state index is -0.0166. The van der Waals surface area contributed by atoms with E-state index in [4.69, 9.17) is 0 Å². The molecule has 0 spiro atoms. The topological polar surface area (TPSA) is 17.1 Å². The predicted molar refractivity (Wildman–Crippen MR) is 55.5 cm³/mol. The summed E-state index contributed by atoms with van der Waals surface area (Å²) in [6.45, 7) is 10.2. The van der Waals surface area contributed by atoms with E-state index in [0.29, 0.717) is 11.7 Å². The molecule has 1 nitrogen and oxygen atoms in total. The van der Waals surface area contributed by atoms with Gasteiger partial charge in [-0.3, -0.25) is 4.79 Å². The van der Waals surface area contributed by atoms with Crippen LogP contribution in [0.15, 0.2) is 12.7 Å². The largest absolute Gasteiger partial charge is 0.299 e. The van der Waals surface area contributed by atoms with Crippen LogP contribution in [0.5, 0.6) is 0 Å². The van der Waals surface area contributed by atoms with Gasteiger partial charge in [0.1, 0.15) is 5.78 Å². The van der Waals surface area contributed by atoms with Gasteiger partial charge in [0.2, 0.25) is 0 Å².